The first-order valence-corrected chi connectivity index (χ1v) is 7.68. The SMILES string of the molecule is CCn1cc(S(=O)(=O)NCC2(O)CCOC2)nc1C. The van der Waals surface area contributed by atoms with Crippen molar-refractivity contribution in [3.8, 4) is 0 Å². The van der Waals surface area contributed by atoms with Crippen molar-refractivity contribution >= 4 is 10.0 Å². The molecule has 2 heterocycles. The number of hydrogen-bond acceptors (Lipinski definition) is 5. The lowest BCUT2D eigenvalue weighted by Gasteiger charge is -2.20. The second-order valence-corrected chi connectivity index (χ2v) is 6.48. The van der Waals surface area contributed by atoms with Crippen LogP contribution in [0.3, 0.4) is 0 Å². The predicted octanol–water partition coefficient (Wildman–Crippen LogP) is -0.359. The van der Waals surface area contributed by atoms with Crippen LogP contribution in [0.25, 0.3) is 0 Å². The highest BCUT2D eigenvalue weighted by Gasteiger charge is 2.34. The average Bonchev–Trinajstić information content (AvgIpc) is 2.94. The van der Waals surface area contributed by atoms with E-state index >= 15 is 0 Å². The van der Waals surface area contributed by atoms with E-state index in [0.717, 1.165) is 0 Å². The van der Waals surface area contributed by atoms with Gasteiger partial charge in [-0.15, -0.1) is 0 Å². The number of imidazole rings is 1. The second kappa shape index (κ2) is 5.20. The van der Waals surface area contributed by atoms with Gasteiger partial charge in [0.05, 0.1) is 6.61 Å². The van der Waals surface area contributed by atoms with Crippen LogP contribution in [-0.4, -0.2) is 48.4 Å². The summed E-state index contributed by atoms with van der Waals surface area (Å²) in [6, 6.07) is 0. The fourth-order valence-electron chi connectivity index (χ4n) is 1.97. The van der Waals surface area contributed by atoms with Crippen molar-refractivity contribution in [2.24, 2.45) is 0 Å². The third-order valence-electron chi connectivity index (χ3n) is 3.24. The fourth-order valence-corrected chi connectivity index (χ4v) is 3.09. The zero-order valence-corrected chi connectivity index (χ0v) is 11.9. The zero-order chi connectivity index (χ0) is 14.1. The minimum absolute atomic E-state index is 0.0191. The smallest absolute Gasteiger partial charge is 0.259 e. The maximum Gasteiger partial charge on any atom is 0.259 e. The molecule has 2 N–H and O–H groups in total. The van der Waals surface area contributed by atoms with E-state index in [1.807, 2.05) is 6.92 Å². The standard InChI is InChI=1S/C11H19N3O4S/c1-3-14-6-10(13-9(14)2)19(16,17)12-7-11(15)4-5-18-8-11/h6,12,15H,3-5,7-8H2,1-2H3. The molecule has 1 unspecified atom stereocenters. The lowest BCUT2D eigenvalue weighted by atomic mass is 10.1. The third-order valence-corrected chi connectivity index (χ3v) is 4.52. The molecule has 0 aliphatic carbocycles. The van der Waals surface area contributed by atoms with Crippen LogP contribution in [-0.2, 0) is 21.3 Å². The van der Waals surface area contributed by atoms with E-state index in [2.05, 4.69) is 9.71 Å². The van der Waals surface area contributed by atoms with Crippen molar-refractivity contribution in [2.75, 3.05) is 19.8 Å². The summed E-state index contributed by atoms with van der Waals surface area (Å²) < 4.78 is 33.4. The molecule has 8 heteroatoms. The molecule has 0 bridgehead atoms. The van der Waals surface area contributed by atoms with Gasteiger partial charge in [-0.2, -0.15) is 0 Å². The van der Waals surface area contributed by atoms with Crippen molar-refractivity contribution in [3.05, 3.63) is 12.0 Å². The summed E-state index contributed by atoms with van der Waals surface area (Å²) in [5.41, 5.74) is -1.12. The van der Waals surface area contributed by atoms with Gasteiger partial charge in [0.2, 0.25) is 0 Å². The summed E-state index contributed by atoms with van der Waals surface area (Å²) in [4.78, 5) is 4.02. The molecule has 0 amide bonds. The van der Waals surface area contributed by atoms with Gasteiger partial charge in [0.15, 0.2) is 5.03 Å². The molecular weight excluding hydrogens is 270 g/mol. The van der Waals surface area contributed by atoms with E-state index < -0.39 is 15.6 Å². The minimum Gasteiger partial charge on any atom is -0.386 e. The Balaban J connectivity index is 2.09. The number of rotatable bonds is 5. The Morgan fingerprint density at radius 1 is 1.63 bits per heavy atom. The van der Waals surface area contributed by atoms with Gasteiger partial charge in [-0.05, 0) is 13.8 Å². The first kappa shape index (κ1) is 14.4. The summed E-state index contributed by atoms with van der Waals surface area (Å²) >= 11 is 0. The van der Waals surface area contributed by atoms with Crippen LogP contribution in [0.4, 0.5) is 0 Å². The van der Waals surface area contributed by atoms with Gasteiger partial charge >= 0.3 is 0 Å². The van der Waals surface area contributed by atoms with Gasteiger partial charge in [-0.1, -0.05) is 0 Å². The van der Waals surface area contributed by atoms with Crippen LogP contribution < -0.4 is 4.72 Å². The second-order valence-electron chi connectivity index (χ2n) is 4.76. The fraction of sp³-hybridized carbons (Fsp3) is 0.727. The van der Waals surface area contributed by atoms with Crippen LogP contribution >= 0.6 is 0 Å². The minimum atomic E-state index is -3.70. The van der Waals surface area contributed by atoms with Crippen molar-refractivity contribution in [2.45, 2.75) is 37.4 Å². The highest BCUT2D eigenvalue weighted by molar-refractivity contribution is 7.89. The number of hydrogen-bond donors (Lipinski definition) is 2. The predicted molar refractivity (Wildman–Crippen MR) is 68.2 cm³/mol. The van der Waals surface area contributed by atoms with Gasteiger partial charge in [0.1, 0.15) is 11.4 Å². The highest BCUT2D eigenvalue weighted by Crippen LogP contribution is 2.18. The first-order chi connectivity index (χ1) is 8.86. The molecule has 1 aliphatic heterocycles. The van der Waals surface area contributed by atoms with Crippen LogP contribution in [0, 0.1) is 6.92 Å². The van der Waals surface area contributed by atoms with Gasteiger partial charge in [-0.25, -0.2) is 18.1 Å². The normalized spacial score (nSPS) is 23.9. The highest BCUT2D eigenvalue weighted by atomic mass is 32.2. The molecular formula is C11H19N3O4S. The maximum absolute atomic E-state index is 12.1. The molecule has 0 radical (unpaired) electrons. The topological polar surface area (TPSA) is 93.5 Å². The Bertz CT molecular complexity index is 546. The number of ether oxygens (including phenoxy) is 1. The Morgan fingerprint density at radius 3 is 2.89 bits per heavy atom. The lowest BCUT2D eigenvalue weighted by molar-refractivity contribution is 0.0314. The lowest BCUT2D eigenvalue weighted by Crippen LogP contribution is -2.43. The summed E-state index contributed by atoms with van der Waals surface area (Å²) in [6.45, 7) is 4.86. The number of nitrogens with zero attached hydrogens (tertiary/aromatic N) is 2. The molecule has 1 atom stereocenters. The summed E-state index contributed by atoms with van der Waals surface area (Å²) in [7, 11) is -3.70. The molecule has 1 aromatic rings. The number of nitrogens with one attached hydrogen (secondary N) is 1. The van der Waals surface area contributed by atoms with Crippen molar-refractivity contribution in [1.82, 2.24) is 14.3 Å². The molecule has 1 aromatic heterocycles. The summed E-state index contributed by atoms with van der Waals surface area (Å²) in [5.74, 6) is 0.644. The number of aromatic nitrogens is 2. The van der Waals surface area contributed by atoms with Gasteiger partial charge < -0.3 is 14.4 Å². The zero-order valence-electron chi connectivity index (χ0n) is 11.1. The largest absolute Gasteiger partial charge is 0.386 e. The van der Waals surface area contributed by atoms with Crippen LogP contribution in [0.15, 0.2) is 11.2 Å². The van der Waals surface area contributed by atoms with E-state index in [1.54, 1.807) is 11.5 Å². The Labute approximate surface area is 112 Å². The van der Waals surface area contributed by atoms with Crippen LogP contribution in [0.1, 0.15) is 19.2 Å². The first-order valence-electron chi connectivity index (χ1n) is 6.20. The molecule has 2 rings (SSSR count). The Kier molecular flexibility index (Phi) is 3.95. The molecule has 19 heavy (non-hydrogen) atoms. The molecule has 1 aliphatic rings. The van der Waals surface area contributed by atoms with E-state index in [0.29, 0.717) is 25.4 Å². The summed E-state index contributed by atoms with van der Waals surface area (Å²) in [5, 5.41) is 10.0. The molecule has 7 nitrogen and oxygen atoms in total. The maximum atomic E-state index is 12.1. The Morgan fingerprint density at radius 2 is 2.37 bits per heavy atom. The van der Waals surface area contributed by atoms with Gasteiger partial charge in [-0.3, -0.25) is 0 Å². The van der Waals surface area contributed by atoms with Gasteiger partial charge in [0, 0.05) is 32.3 Å². The average molecular weight is 289 g/mol. The molecule has 0 saturated carbocycles. The van der Waals surface area contributed by atoms with Crippen LogP contribution in [0.5, 0.6) is 0 Å². The Hall–Kier alpha value is -0.960. The van der Waals surface area contributed by atoms with E-state index in [-0.39, 0.29) is 18.2 Å². The van der Waals surface area contributed by atoms with E-state index in [4.69, 9.17) is 4.74 Å². The molecule has 1 saturated heterocycles. The van der Waals surface area contributed by atoms with Gasteiger partial charge in [0.25, 0.3) is 10.0 Å². The third kappa shape index (κ3) is 3.14. The quantitative estimate of drug-likeness (QED) is 0.772. The van der Waals surface area contributed by atoms with Crippen molar-refractivity contribution in [1.29, 1.82) is 0 Å². The number of sulfonamides is 1. The molecule has 108 valence electrons. The molecule has 1 fully saturated rings. The monoisotopic (exact) mass is 289 g/mol. The number of aryl methyl sites for hydroxylation is 2. The van der Waals surface area contributed by atoms with Crippen molar-refractivity contribution < 1.29 is 18.3 Å². The van der Waals surface area contributed by atoms with E-state index in [1.165, 1.54) is 6.20 Å². The number of aliphatic hydroxyl groups is 1. The van der Waals surface area contributed by atoms with Crippen molar-refractivity contribution in [3.63, 3.8) is 0 Å². The molecule has 0 spiro atoms. The summed E-state index contributed by atoms with van der Waals surface area (Å²) in [6.07, 6.45) is 1.92. The van der Waals surface area contributed by atoms with Crippen LogP contribution in [0.2, 0.25) is 0 Å². The van der Waals surface area contributed by atoms with E-state index in [9.17, 15) is 13.5 Å². The molecule has 0 aromatic carbocycles.